The summed E-state index contributed by atoms with van der Waals surface area (Å²) >= 11 is 0. The Labute approximate surface area is 148 Å². The van der Waals surface area contributed by atoms with E-state index in [-0.39, 0.29) is 0 Å². The van der Waals surface area contributed by atoms with Gasteiger partial charge in [0.05, 0.1) is 25.1 Å². The largest absolute Gasteiger partial charge is 0.378 e. The average Bonchev–Trinajstić information content (AvgIpc) is 3.14. The van der Waals surface area contributed by atoms with Gasteiger partial charge in [-0.25, -0.2) is 0 Å². The Kier molecular flexibility index (Phi) is 4.52. The van der Waals surface area contributed by atoms with Crippen LogP contribution >= 0.6 is 0 Å². The standard InChI is InChI=1S/C18H28N6O/c1-13-14(18(23(3)21-13)24-7-9-25-10-8-24)11-19-16-5-4-6-17-15(16)12-20-22(17)2/h12,16,19H,4-11H2,1-3H3/t16-/m1/s1. The topological polar surface area (TPSA) is 60.1 Å². The predicted octanol–water partition coefficient (Wildman–Crippen LogP) is 1.47. The molecule has 7 heteroatoms. The molecule has 0 aromatic carbocycles. The van der Waals surface area contributed by atoms with Gasteiger partial charge in [0.1, 0.15) is 5.82 Å². The molecule has 0 spiro atoms. The summed E-state index contributed by atoms with van der Waals surface area (Å²) in [5.74, 6) is 1.23. The summed E-state index contributed by atoms with van der Waals surface area (Å²) in [5, 5.41) is 12.9. The maximum absolute atomic E-state index is 5.51. The lowest BCUT2D eigenvalue weighted by atomic mass is 9.93. The maximum atomic E-state index is 5.51. The third kappa shape index (κ3) is 3.06. The molecular weight excluding hydrogens is 316 g/mol. The summed E-state index contributed by atoms with van der Waals surface area (Å²) in [6.45, 7) is 6.39. The van der Waals surface area contributed by atoms with Crippen LogP contribution in [-0.2, 0) is 31.8 Å². The number of hydrogen-bond donors (Lipinski definition) is 1. The molecule has 1 aliphatic heterocycles. The molecule has 0 unspecified atom stereocenters. The van der Waals surface area contributed by atoms with Gasteiger partial charge in [-0.3, -0.25) is 9.36 Å². The van der Waals surface area contributed by atoms with E-state index in [1.54, 1.807) is 0 Å². The minimum Gasteiger partial charge on any atom is -0.378 e. The molecule has 0 radical (unpaired) electrons. The van der Waals surface area contributed by atoms with E-state index in [4.69, 9.17) is 4.74 Å². The first-order valence-corrected chi connectivity index (χ1v) is 9.24. The van der Waals surface area contributed by atoms with Gasteiger partial charge in [0.2, 0.25) is 0 Å². The number of nitrogens with zero attached hydrogens (tertiary/aromatic N) is 5. The van der Waals surface area contributed by atoms with Crippen molar-refractivity contribution in [3.8, 4) is 0 Å². The molecule has 1 atom stereocenters. The van der Waals surface area contributed by atoms with E-state index in [1.165, 1.54) is 35.5 Å². The van der Waals surface area contributed by atoms with Crippen LogP contribution in [0.3, 0.4) is 0 Å². The summed E-state index contributed by atoms with van der Waals surface area (Å²) in [7, 11) is 4.09. The third-order valence-electron chi connectivity index (χ3n) is 5.52. The van der Waals surface area contributed by atoms with Crippen molar-refractivity contribution in [1.82, 2.24) is 24.9 Å². The molecule has 1 fully saturated rings. The van der Waals surface area contributed by atoms with Crippen LogP contribution in [0, 0.1) is 6.92 Å². The number of anilines is 1. The highest BCUT2D eigenvalue weighted by atomic mass is 16.5. The summed E-state index contributed by atoms with van der Waals surface area (Å²) in [5.41, 5.74) is 5.16. The second-order valence-electron chi connectivity index (χ2n) is 7.11. The maximum Gasteiger partial charge on any atom is 0.131 e. The Balaban J connectivity index is 1.54. The number of fused-ring (bicyclic) bond motifs is 1. The number of morpholine rings is 1. The van der Waals surface area contributed by atoms with Crippen molar-refractivity contribution < 1.29 is 4.74 Å². The van der Waals surface area contributed by atoms with Gasteiger partial charge in [-0.2, -0.15) is 10.2 Å². The van der Waals surface area contributed by atoms with Gasteiger partial charge >= 0.3 is 0 Å². The van der Waals surface area contributed by atoms with Crippen molar-refractivity contribution in [2.24, 2.45) is 14.1 Å². The highest BCUT2D eigenvalue weighted by molar-refractivity contribution is 5.50. The SMILES string of the molecule is Cc1nn(C)c(N2CCOCC2)c1CN[C@@H]1CCCc2c1cnn2C. The third-order valence-corrected chi connectivity index (χ3v) is 5.52. The first-order valence-electron chi connectivity index (χ1n) is 9.24. The van der Waals surface area contributed by atoms with Crippen molar-refractivity contribution in [2.75, 3.05) is 31.2 Å². The van der Waals surface area contributed by atoms with Crippen molar-refractivity contribution >= 4 is 5.82 Å². The number of aromatic nitrogens is 4. The van der Waals surface area contributed by atoms with Crippen molar-refractivity contribution in [1.29, 1.82) is 0 Å². The fraction of sp³-hybridized carbons (Fsp3) is 0.667. The van der Waals surface area contributed by atoms with E-state index in [2.05, 4.69) is 27.3 Å². The van der Waals surface area contributed by atoms with Crippen LogP contribution in [0.15, 0.2) is 6.20 Å². The summed E-state index contributed by atoms with van der Waals surface area (Å²) in [4.78, 5) is 2.40. The highest BCUT2D eigenvalue weighted by Crippen LogP contribution is 2.31. The number of rotatable bonds is 4. The number of nitrogens with one attached hydrogen (secondary N) is 1. The van der Waals surface area contributed by atoms with E-state index < -0.39 is 0 Å². The Morgan fingerprint density at radius 1 is 1.24 bits per heavy atom. The predicted molar refractivity (Wildman–Crippen MR) is 96.7 cm³/mol. The highest BCUT2D eigenvalue weighted by Gasteiger charge is 2.25. The average molecular weight is 344 g/mol. The first-order chi connectivity index (χ1) is 12.1. The summed E-state index contributed by atoms with van der Waals surface area (Å²) in [6, 6.07) is 0.384. The van der Waals surface area contributed by atoms with Crippen LogP contribution in [-0.4, -0.2) is 45.9 Å². The van der Waals surface area contributed by atoms with E-state index >= 15 is 0 Å². The Bertz CT molecular complexity index is 743. The summed E-state index contributed by atoms with van der Waals surface area (Å²) < 4.78 is 9.56. The first kappa shape index (κ1) is 16.6. The fourth-order valence-electron chi connectivity index (χ4n) is 4.21. The molecule has 3 heterocycles. The van der Waals surface area contributed by atoms with E-state index in [9.17, 15) is 0 Å². The Morgan fingerprint density at radius 2 is 2.04 bits per heavy atom. The van der Waals surface area contributed by atoms with Crippen LogP contribution in [0.1, 0.15) is 41.4 Å². The van der Waals surface area contributed by atoms with Gasteiger partial charge in [0, 0.05) is 56.6 Å². The molecule has 1 aliphatic carbocycles. The Morgan fingerprint density at radius 3 is 2.84 bits per heavy atom. The molecule has 0 saturated carbocycles. The lowest BCUT2D eigenvalue weighted by molar-refractivity contribution is 0.122. The van der Waals surface area contributed by atoms with E-state index in [0.29, 0.717) is 6.04 Å². The zero-order valence-electron chi connectivity index (χ0n) is 15.5. The van der Waals surface area contributed by atoms with Crippen LogP contribution in [0.25, 0.3) is 0 Å². The Hall–Kier alpha value is -1.86. The normalized spacial score (nSPS) is 20.8. The van der Waals surface area contributed by atoms with Crippen LogP contribution in [0.2, 0.25) is 0 Å². The van der Waals surface area contributed by atoms with Gasteiger partial charge in [0.15, 0.2) is 0 Å². The van der Waals surface area contributed by atoms with Crippen LogP contribution in [0.5, 0.6) is 0 Å². The van der Waals surface area contributed by atoms with Crippen molar-refractivity contribution in [3.63, 3.8) is 0 Å². The lowest BCUT2D eigenvalue weighted by Crippen LogP contribution is -2.38. The second kappa shape index (κ2) is 6.80. The van der Waals surface area contributed by atoms with E-state index in [0.717, 1.165) is 45.0 Å². The molecular formula is C18H28N6O. The monoisotopic (exact) mass is 344 g/mol. The van der Waals surface area contributed by atoms with Gasteiger partial charge in [-0.1, -0.05) is 0 Å². The van der Waals surface area contributed by atoms with Crippen LogP contribution < -0.4 is 10.2 Å². The lowest BCUT2D eigenvalue weighted by Gasteiger charge is -2.30. The summed E-state index contributed by atoms with van der Waals surface area (Å²) in [6.07, 6.45) is 5.55. The van der Waals surface area contributed by atoms with Gasteiger partial charge in [-0.15, -0.1) is 0 Å². The molecule has 4 rings (SSSR count). The molecule has 2 aromatic heterocycles. The molecule has 2 aromatic rings. The van der Waals surface area contributed by atoms with Crippen LogP contribution in [0.4, 0.5) is 5.82 Å². The molecule has 0 amide bonds. The van der Waals surface area contributed by atoms with Crippen molar-refractivity contribution in [3.05, 3.63) is 28.7 Å². The molecule has 136 valence electrons. The molecule has 1 saturated heterocycles. The van der Waals surface area contributed by atoms with Crippen molar-refractivity contribution in [2.45, 2.75) is 38.8 Å². The minimum atomic E-state index is 0.384. The molecule has 7 nitrogen and oxygen atoms in total. The number of aryl methyl sites for hydroxylation is 3. The number of ether oxygens (including phenoxy) is 1. The zero-order chi connectivity index (χ0) is 17.4. The van der Waals surface area contributed by atoms with E-state index in [1.807, 2.05) is 29.7 Å². The molecule has 0 bridgehead atoms. The molecule has 25 heavy (non-hydrogen) atoms. The zero-order valence-corrected chi connectivity index (χ0v) is 15.5. The molecule has 2 aliphatic rings. The molecule has 1 N–H and O–H groups in total. The minimum absolute atomic E-state index is 0.384. The second-order valence-corrected chi connectivity index (χ2v) is 7.11. The van der Waals surface area contributed by atoms with Gasteiger partial charge < -0.3 is 15.0 Å². The smallest absolute Gasteiger partial charge is 0.131 e. The van der Waals surface area contributed by atoms with Gasteiger partial charge in [-0.05, 0) is 26.2 Å². The number of hydrogen-bond acceptors (Lipinski definition) is 5. The quantitative estimate of drug-likeness (QED) is 0.910. The fourth-order valence-corrected chi connectivity index (χ4v) is 4.21. The van der Waals surface area contributed by atoms with Gasteiger partial charge in [0.25, 0.3) is 0 Å².